The lowest BCUT2D eigenvalue weighted by Crippen LogP contribution is -2.19. The van der Waals surface area contributed by atoms with Gasteiger partial charge in [0, 0.05) is 19.4 Å². The minimum atomic E-state index is -4.26. The number of fused-ring (bicyclic) bond motifs is 1. The Labute approximate surface area is 158 Å². The highest BCUT2D eigenvalue weighted by molar-refractivity contribution is 6.03. The van der Waals surface area contributed by atoms with Gasteiger partial charge < -0.3 is 10.1 Å². The molecule has 3 rings (SSSR count). The summed E-state index contributed by atoms with van der Waals surface area (Å²) in [5, 5.41) is 7.57. The first-order chi connectivity index (χ1) is 13.3. The Balaban J connectivity index is 1.75. The Bertz CT molecular complexity index is 1000. The molecule has 1 N–H and O–H groups in total. The summed E-state index contributed by atoms with van der Waals surface area (Å²) in [6.45, 7) is 1.61. The fourth-order valence-corrected chi connectivity index (χ4v) is 2.66. The first-order valence-corrected chi connectivity index (χ1v) is 8.46. The number of carbonyl (C=O) groups excluding carboxylic acids is 1. The minimum absolute atomic E-state index is 0.281. The molecule has 0 unspecified atom stereocenters. The number of amides is 1. The van der Waals surface area contributed by atoms with Crippen LogP contribution in [0.3, 0.4) is 0 Å². The zero-order valence-corrected chi connectivity index (χ0v) is 15.2. The summed E-state index contributed by atoms with van der Waals surface area (Å²) in [5.41, 5.74) is 2.24. The highest BCUT2D eigenvalue weighted by atomic mass is 19.4. The van der Waals surface area contributed by atoms with E-state index in [9.17, 15) is 18.0 Å². The molecule has 0 saturated carbocycles. The van der Waals surface area contributed by atoms with Crippen molar-refractivity contribution in [2.45, 2.75) is 26.1 Å². The third-order valence-corrected chi connectivity index (χ3v) is 4.01. The number of ether oxygens (including phenoxy) is 1. The second-order valence-corrected chi connectivity index (χ2v) is 6.15. The van der Waals surface area contributed by atoms with Crippen LogP contribution in [-0.2, 0) is 6.54 Å². The van der Waals surface area contributed by atoms with Crippen molar-refractivity contribution in [2.24, 2.45) is 0 Å². The van der Waals surface area contributed by atoms with E-state index in [-0.39, 0.29) is 11.6 Å². The van der Waals surface area contributed by atoms with E-state index in [4.69, 9.17) is 4.74 Å². The number of hydrogen-bond acceptors (Lipinski definition) is 5. The van der Waals surface area contributed by atoms with E-state index in [1.165, 1.54) is 19.4 Å². The molecule has 3 heterocycles. The molecule has 0 spiro atoms. The smallest absolute Gasteiger partial charge is 0.392 e. The summed E-state index contributed by atoms with van der Waals surface area (Å²) in [6.07, 6.45) is -0.652. The highest BCUT2D eigenvalue weighted by Gasteiger charge is 2.27. The average Bonchev–Trinajstić information content (AvgIpc) is 3.04. The number of hydrogen-bond donors (Lipinski definition) is 1. The third kappa shape index (κ3) is 4.56. The first kappa shape index (κ1) is 19.6. The molecule has 3 aromatic rings. The molecule has 148 valence electrons. The predicted molar refractivity (Wildman–Crippen MR) is 95.2 cm³/mol. The van der Waals surface area contributed by atoms with Crippen molar-refractivity contribution >= 4 is 16.8 Å². The number of pyridine rings is 2. The van der Waals surface area contributed by atoms with Gasteiger partial charge in [0.15, 0.2) is 0 Å². The standard InChI is InChI=1S/C18H18F3N5O2/c1-11-7-12(24-8-15(11)28-6-4-18(19,20)21)9-26-10-13-14(25-26)3-5-23-16(13)17(27)22-2/h3,5,7-8,10H,4,6,9H2,1-2H3,(H,22,27). The number of carbonyl (C=O) groups is 1. The summed E-state index contributed by atoms with van der Waals surface area (Å²) < 4.78 is 43.5. The van der Waals surface area contributed by atoms with Crippen LogP contribution in [0, 0.1) is 6.92 Å². The van der Waals surface area contributed by atoms with E-state index < -0.39 is 19.2 Å². The maximum Gasteiger partial charge on any atom is 0.392 e. The van der Waals surface area contributed by atoms with Crippen molar-refractivity contribution in [1.29, 1.82) is 0 Å². The van der Waals surface area contributed by atoms with Gasteiger partial charge in [-0.25, -0.2) is 0 Å². The van der Waals surface area contributed by atoms with Crippen molar-refractivity contribution in [3.8, 4) is 5.75 Å². The van der Waals surface area contributed by atoms with Crippen LogP contribution in [-0.4, -0.2) is 45.5 Å². The summed E-state index contributed by atoms with van der Waals surface area (Å²) in [5.74, 6) is 0.00390. The van der Waals surface area contributed by atoms with E-state index in [0.29, 0.717) is 34.5 Å². The maximum absolute atomic E-state index is 12.2. The Morgan fingerprint density at radius 2 is 2.11 bits per heavy atom. The number of halogens is 3. The zero-order valence-electron chi connectivity index (χ0n) is 15.2. The molecule has 3 aromatic heterocycles. The minimum Gasteiger partial charge on any atom is -0.491 e. The van der Waals surface area contributed by atoms with Gasteiger partial charge in [-0.1, -0.05) is 0 Å². The predicted octanol–water partition coefficient (Wildman–Crippen LogP) is 2.87. The van der Waals surface area contributed by atoms with Gasteiger partial charge in [-0.3, -0.25) is 19.4 Å². The zero-order chi connectivity index (χ0) is 20.3. The molecule has 10 heteroatoms. The highest BCUT2D eigenvalue weighted by Crippen LogP contribution is 2.22. The lowest BCUT2D eigenvalue weighted by atomic mass is 10.2. The van der Waals surface area contributed by atoms with Gasteiger partial charge in [-0.05, 0) is 24.6 Å². The van der Waals surface area contributed by atoms with E-state index in [0.717, 1.165) is 0 Å². The first-order valence-electron chi connectivity index (χ1n) is 8.46. The van der Waals surface area contributed by atoms with Gasteiger partial charge in [0.05, 0.1) is 42.4 Å². The van der Waals surface area contributed by atoms with E-state index in [1.54, 1.807) is 29.9 Å². The third-order valence-electron chi connectivity index (χ3n) is 4.01. The van der Waals surface area contributed by atoms with Gasteiger partial charge in [-0.2, -0.15) is 18.3 Å². The molecule has 1 amide bonds. The summed E-state index contributed by atoms with van der Waals surface area (Å²) in [7, 11) is 1.53. The van der Waals surface area contributed by atoms with Crippen LogP contribution in [0.1, 0.15) is 28.2 Å². The molecule has 28 heavy (non-hydrogen) atoms. The lowest BCUT2D eigenvalue weighted by Gasteiger charge is -2.11. The average molecular weight is 393 g/mol. The van der Waals surface area contributed by atoms with E-state index >= 15 is 0 Å². The van der Waals surface area contributed by atoms with Crippen molar-refractivity contribution < 1.29 is 22.7 Å². The number of nitrogens with one attached hydrogen (secondary N) is 1. The fraction of sp³-hybridized carbons (Fsp3) is 0.333. The molecule has 0 saturated heterocycles. The van der Waals surface area contributed by atoms with Gasteiger partial charge in [0.1, 0.15) is 11.4 Å². The number of rotatable bonds is 6. The van der Waals surface area contributed by atoms with Gasteiger partial charge in [0.25, 0.3) is 5.91 Å². The van der Waals surface area contributed by atoms with E-state index in [1.807, 2.05) is 0 Å². The van der Waals surface area contributed by atoms with Gasteiger partial charge in [-0.15, -0.1) is 0 Å². The molecule has 7 nitrogen and oxygen atoms in total. The van der Waals surface area contributed by atoms with Crippen LogP contribution >= 0.6 is 0 Å². The van der Waals surface area contributed by atoms with Crippen LogP contribution in [0.5, 0.6) is 5.75 Å². The summed E-state index contributed by atoms with van der Waals surface area (Å²) in [6, 6.07) is 3.43. The van der Waals surface area contributed by atoms with Crippen molar-refractivity contribution in [2.75, 3.05) is 13.7 Å². The quantitative estimate of drug-likeness (QED) is 0.697. The van der Waals surface area contributed by atoms with Crippen LogP contribution in [0.4, 0.5) is 13.2 Å². The fourth-order valence-electron chi connectivity index (χ4n) is 2.66. The second-order valence-electron chi connectivity index (χ2n) is 6.15. The Morgan fingerprint density at radius 3 is 2.79 bits per heavy atom. The molecule has 0 aliphatic heterocycles. The summed E-state index contributed by atoms with van der Waals surface area (Å²) >= 11 is 0. The molecule has 0 aliphatic rings. The largest absolute Gasteiger partial charge is 0.491 e. The molecule has 0 atom stereocenters. The van der Waals surface area contributed by atoms with Crippen LogP contribution in [0.25, 0.3) is 10.9 Å². The molecule has 0 aliphatic carbocycles. The molecule has 0 bridgehead atoms. The summed E-state index contributed by atoms with van der Waals surface area (Å²) in [4.78, 5) is 20.2. The Morgan fingerprint density at radius 1 is 1.32 bits per heavy atom. The monoisotopic (exact) mass is 393 g/mol. The number of aromatic nitrogens is 4. The molecular formula is C18H18F3N5O2. The van der Waals surface area contributed by atoms with Crippen LogP contribution in [0.2, 0.25) is 0 Å². The van der Waals surface area contributed by atoms with Gasteiger partial charge >= 0.3 is 6.18 Å². The topological polar surface area (TPSA) is 81.9 Å². The normalized spacial score (nSPS) is 11.6. The molecule has 0 radical (unpaired) electrons. The molecular weight excluding hydrogens is 375 g/mol. The van der Waals surface area contributed by atoms with Crippen LogP contribution in [0.15, 0.2) is 30.7 Å². The van der Waals surface area contributed by atoms with Crippen molar-refractivity contribution in [3.63, 3.8) is 0 Å². The number of alkyl halides is 3. The Hall–Kier alpha value is -3.17. The van der Waals surface area contributed by atoms with E-state index in [2.05, 4.69) is 20.4 Å². The van der Waals surface area contributed by atoms with Crippen molar-refractivity contribution in [3.05, 3.63) is 47.7 Å². The number of aryl methyl sites for hydroxylation is 1. The van der Waals surface area contributed by atoms with Crippen LogP contribution < -0.4 is 10.1 Å². The second kappa shape index (κ2) is 7.83. The van der Waals surface area contributed by atoms with Crippen molar-refractivity contribution in [1.82, 2.24) is 25.1 Å². The van der Waals surface area contributed by atoms with Gasteiger partial charge in [0.2, 0.25) is 0 Å². The maximum atomic E-state index is 12.2. The molecule has 0 fully saturated rings. The Kier molecular flexibility index (Phi) is 5.48. The SMILES string of the molecule is CNC(=O)c1nccc2nn(Cc3cc(C)c(OCCC(F)(F)F)cn3)cc12. The number of nitrogens with zero attached hydrogens (tertiary/aromatic N) is 4. The lowest BCUT2D eigenvalue weighted by molar-refractivity contribution is -0.139. The molecule has 0 aromatic carbocycles.